The summed E-state index contributed by atoms with van der Waals surface area (Å²) in [4.78, 5) is 65.8. The first-order valence-corrected chi connectivity index (χ1v) is 22.1. The Bertz CT molecular complexity index is 2860. The van der Waals surface area contributed by atoms with Gasteiger partial charge in [0.1, 0.15) is 5.71 Å². The molecule has 0 amide bonds. The standard InChI is InChI=1S/C53H49N3O6S/c1-5-7-8-12-22-47(52(59)38-23-27-43(28-24-38)63-42-19-10-9-11-20-42)54-62-53(60)41-18-15-17-37(31-41)32-48(55-61-36(4)57)39-25-29-49-45(33-39)46-34-40(26-30-50(46)56(49)6-2)51(58)44-21-14-13-16-35(44)3/h9-11,13-21,23-31,33-34H,5-8,12,22,32H2,1-4H3/b54-47-,55-48-. The molecule has 0 aliphatic heterocycles. The fourth-order valence-corrected chi connectivity index (χ4v) is 8.43. The van der Waals surface area contributed by atoms with Crippen molar-refractivity contribution in [1.82, 2.24) is 4.57 Å². The number of carbonyl (C=O) groups excluding carboxylic acids is 4. The molecular weight excluding hydrogens is 807 g/mol. The second-order valence-electron chi connectivity index (χ2n) is 15.3. The van der Waals surface area contributed by atoms with Crippen molar-refractivity contribution in [3.63, 3.8) is 0 Å². The molecule has 0 spiro atoms. The van der Waals surface area contributed by atoms with Crippen LogP contribution in [0.1, 0.15) is 106 Å². The van der Waals surface area contributed by atoms with Crippen LogP contribution in [-0.4, -0.2) is 39.5 Å². The second-order valence-corrected chi connectivity index (χ2v) is 16.5. The average molecular weight is 856 g/mol. The van der Waals surface area contributed by atoms with Gasteiger partial charge in [-0.2, -0.15) is 0 Å². The second kappa shape index (κ2) is 20.8. The number of fused-ring (bicyclic) bond motifs is 3. The fraction of sp³-hybridized carbons (Fsp3) is 0.208. The van der Waals surface area contributed by atoms with Crippen LogP contribution in [0.25, 0.3) is 21.8 Å². The summed E-state index contributed by atoms with van der Waals surface area (Å²) >= 11 is 1.61. The average Bonchev–Trinajstić information content (AvgIpc) is 3.62. The van der Waals surface area contributed by atoms with Crippen molar-refractivity contribution in [1.29, 1.82) is 0 Å². The van der Waals surface area contributed by atoms with Crippen molar-refractivity contribution in [2.75, 3.05) is 0 Å². The van der Waals surface area contributed by atoms with Crippen LogP contribution in [0.3, 0.4) is 0 Å². The van der Waals surface area contributed by atoms with Crippen LogP contribution in [-0.2, 0) is 27.4 Å². The molecule has 6 aromatic carbocycles. The van der Waals surface area contributed by atoms with Gasteiger partial charge in [0, 0.05) is 73.7 Å². The summed E-state index contributed by atoms with van der Waals surface area (Å²) in [5.41, 5.74) is 6.84. The van der Waals surface area contributed by atoms with Crippen molar-refractivity contribution in [3.05, 3.63) is 178 Å². The van der Waals surface area contributed by atoms with Gasteiger partial charge in [-0.25, -0.2) is 9.59 Å². The van der Waals surface area contributed by atoms with E-state index < -0.39 is 11.9 Å². The zero-order valence-electron chi connectivity index (χ0n) is 35.9. The van der Waals surface area contributed by atoms with Crippen molar-refractivity contribution in [2.45, 2.75) is 82.6 Å². The van der Waals surface area contributed by atoms with Crippen LogP contribution >= 0.6 is 11.8 Å². The molecular formula is C53H49N3O6S. The topological polar surface area (TPSA) is 116 Å². The third-order valence-electron chi connectivity index (χ3n) is 10.8. The van der Waals surface area contributed by atoms with Crippen LogP contribution in [0.2, 0.25) is 0 Å². The lowest BCUT2D eigenvalue weighted by molar-refractivity contribution is -0.140. The zero-order chi connectivity index (χ0) is 44.3. The molecule has 0 atom stereocenters. The van der Waals surface area contributed by atoms with Crippen molar-refractivity contribution < 1.29 is 28.9 Å². The predicted octanol–water partition coefficient (Wildman–Crippen LogP) is 12.4. The molecule has 0 bridgehead atoms. The SMILES string of the molecule is CCCCCC/C(=N/OC(=O)c1cccc(C/C(=N/OC(C)=O)c2ccc3c(c2)c2cc(C(=O)c4ccccc4C)ccc2n3CC)c1)C(=O)c1ccc(Sc2ccccc2)cc1. The van der Waals surface area contributed by atoms with Gasteiger partial charge in [-0.3, -0.25) is 9.59 Å². The van der Waals surface area contributed by atoms with Crippen LogP contribution in [0.5, 0.6) is 0 Å². The number of nitrogens with zero attached hydrogens (tertiary/aromatic N) is 3. The first-order chi connectivity index (χ1) is 30.6. The first kappa shape index (κ1) is 44.2. The number of rotatable bonds is 18. The molecule has 1 heterocycles. The summed E-state index contributed by atoms with van der Waals surface area (Å²) in [6.45, 7) is 8.12. The maximum atomic E-state index is 13.7. The minimum atomic E-state index is -0.714. The third kappa shape index (κ3) is 10.8. The van der Waals surface area contributed by atoms with Crippen molar-refractivity contribution in [3.8, 4) is 0 Å². The Kier molecular flexibility index (Phi) is 14.6. The van der Waals surface area contributed by atoms with Gasteiger partial charge in [0.15, 0.2) is 5.78 Å². The van der Waals surface area contributed by atoms with E-state index in [1.54, 1.807) is 42.1 Å². The Morgan fingerprint density at radius 2 is 1.29 bits per heavy atom. The third-order valence-corrected chi connectivity index (χ3v) is 11.9. The monoisotopic (exact) mass is 855 g/mol. The Morgan fingerprint density at radius 3 is 1.98 bits per heavy atom. The number of Topliss-reactive ketones (excluding diaryl/α,β-unsaturated/α-hetero) is 1. The normalized spacial score (nSPS) is 11.8. The molecule has 318 valence electrons. The minimum Gasteiger partial charge on any atom is -0.341 e. The van der Waals surface area contributed by atoms with E-state index in [0.29, 0.717) is 46.5 Å². The maximum Gasteiger partial charge on any atom is 0.365 e. The Morgan fingerprint density at radius 1 is 0.619 bits per heavy atom. The molecule has 9 nitrogen and oxygen atoms in total. The van der Waals surface area contributed by atoms with Gasteiger partial charge in [-0.15, -0.1) is 0 Å². The highest BCUT2D eigenvalue weighted by molar-refractivity contribution is 7.99. The highest BCUT2D eigenvalue weighted by atomic mass is 32.2. The summed E-state index contributed by atoms with van der Waals surface area (Å²) in [5.74, 6) is -1.63. The van der Waals surface area contributed by atoms with E-state index in [2.05, 4.69) is 28.7 Å². The van der Waals surface area contributed by atoms with E-state index in [-0.39, 0.29) is 29.3 Å². The molecule has 7 rings (SSSR count). The van der Waals surface area contributed by atoms with E-state index >= 15 is 0 Å². The Balaban J connectivity index is 1.13. The van der Waals surface area contributed by atoms with Crippen LogP contribution < -0.4 is 0 Å². The van der Waals surface area contributed by atoms with E-state index in [9.17, 15) is 19.2 Å². The van der Waals surface area contributed by atoms with Crippen molar-refractivity contribution in [2.24, 2.45) is 10.3 Å². The molecule has 0 aliphatic rings. The van der Waals surface area contributed by atoms with Gasteiger partial charge >= 0.3 is 11.9 Å². The molecule has 0 fully saturated rings. The quantitative estimate of drug-likeness (QED) is 0.0277. The first-order valence-electron chi connectivity index (χ1n) is 21.3. The van der Waals surface area contributed by atoms with Crippen LogP contribution in [0.15, 0.2) is 160 Å². The van der Waals surface area contributed by atoms with Crippen molar-refractivity contribution >= 4 is 68.5 Å². The van der Waals surface area contributed by atoms with Crippen LogP contribution in [0, 0.1) is 6.92 Å². The van der Waals surface area contributed by atoms with Gasteiger partial charge in [0.2, 0.25) is 5.78 Å². The lowest BCUT2D eigenvalue weighted by atomic mass is 9.97. The molecule has 1 aromatic heterocycles. The number of hydrogen-bond acceptors (Lipinski definition) is 9. The summed E-state index contributed by atoms with van der Waals surface area (Å²) in [5, 5.41) is 10.3. The number of ketones is 2. The Labute approximate surface area is 371 Å². The predicted molar refractivity (Wildman–Crippen MR) is 251 cm³/mol. The number of hydrogen-bond donors (Lipinski definition) is 0. The van der Waals surface area contributed by atoms with E-state index in [1.165, 1.54) is 6.92 Å². The summed E-state index contributed by atoms with van der Waals surface area (Å²) in [7, 11) is 0. The number of carbonyl (C=O) groups is 4. The molecule has 7 aromatic rings. The smallest absolute Gasteiger partial charge is 0.341 e. The minimum absolute atomic E-state index is 0.0525. The van der Waals surface area contributed by atoms with Gasteiger partial charge in [-0.05, 0) is 117 Å². The fourth-order valence-electron chi connectivity index (χ4n) is 7.59. The zero-order valence-corrected chi connectivity index (χ0v) is 36.7. The molecule has 0 aliphatic carbocycles. The summed E-state index contributed by atoms with van der Waals surface area (Å²) in [6.07, 6.45) is 4.28. The molecule has 0 N–H and O–H groups in total. The lowest BCUT2D eigenvalue weighted by Crippen LogP contribution is -2.16. The molecule has 0 saturated carbocycles. The van der Waals surface area contributed by atoms with Gasteiger partial charge in [0.25, 0.3) is 0 Å². The summed E-state index contributed by atoms with van der Waals surface area (Å²) < 4.78 is 2.20. The van der Waals surface area contributed by atoms with E-state index in [1.807, 2.05) is 116 Å². The number of aryl methyl sites for hydroxylation is 2. The van der Waals surface area contributed by atoms with E-state index in [4.69, 9.17) is 9.68 Å². The number of unbranched alkanes of at least 4 members (excludes halogenated alkanes) is 3. The molecule has 0 radical (unpaired) electrons. The van der Waals surface area contributed by atoms with Gasteiger partial charge in [-0.1, -0.05) is 109 Å². The van der Waals surface area contributed by atoms with Crippen LogP contribution in [0.4, 0.5) is 0 Å². The maximum absolute atomic E-state index is 13.7. The lowest BCUT2D eigenvalue weighted by Gasteiger charge is -2.09. The highest BCUT2D eigenvalue weighted by Gasteiger charge is 2.20. The highest BCUT2D eigenvalue weighted by Crippen LogP contribution is 2.32. The number of aromatic nitrogens is 1. The molecule has 0 unspecified atom stereocenters. The molecule has 0 saturated heterocycles. The number of benzene rings is 6. The van der Waals surface area contributed by atoms with Gasteiger partial charge in [0.05, 0.1) is 11.3 Å². The molecule has 63 heavy (non-hydrogen) atoms. The van der Waals surface area contributed by atoms with Gasteiger partial charge < -0.3 is 14.2 Å². The summed E-state index contributed by atoms with van der Waals surface area (Å²) in [6, 6.07) is 43.5. The Hall–Kier alpha value is -6.91. The van der Waals surface area contributed by atoms with E-state index in [0.717, 1.165) is 62.8 Å². The number of oxime groups is 2. The largest absolute Gasteiger partial charge is 0.365 e. The molecule has 10 heteroatoms.